The summed E-state index contributed by atoms with van der Waals surface area (Å²) in [6.07, 6.45) is 0.379. The number of benzene rings is 2. The van der Waals surface area contributed by atoms with Crippen molar-refractivity contribution in [2.24, 2.45) is 0 Å². The Labute approximate surface area is 183 Å². The van der Waals surface area contributed by atoms with Gasteiger partial charge in [0.15, 0.2) is 6.61 Å². The molecule has 0 radical (unpaired) electrons. The van der Waals surface area contributed by atoms with Crippen LogP contribution in [0.2, 0.25) is 10.0 Å². The summed E-state index contributed by atoms with van der Waals surface area (Å²) in [4.78, 5) is 34.4. The van der Waals surface area contributed by atoms with Crippen LogP contribution in [0.15, 0.2) is 30.3 Å². The molecule has 2 aromatic rings. The second-order valence-corrected chi connectivity index (χ2v) is 7.29. The molecule has 2 aromatic carbocycles. The number of rotatable bonds is 9. The number of carbonyl (C=O) groups excluding carboxylic acids is 2. The summed E-state index contributed by atoms with van der Waals surface area (Å²) in [6.45, 7) is 3.18. The molecule has 0 fully saturated rings. The third-order valence-electron chi connectivity index (χ3n) is 4.12. The first-order valence-electron chi connectivity index (χ1n) is 8.96. The van der Waals surface area contributed by atoms with Crippen LogP contribution < -0.4 is 10.1 Å². The Hall–Kier alpha value is -2.84. The normalized spacial score (nSPS) is 10.4. The van der Waals surface area contributed by atoms with Crippen LogP contribution in [-0.4, -0.2) is 30.0 Å². The molecule has 0 atom stereocenters. The third kappa shape index (κ3) is 6.89. The lowest BCUT2D eigenvalue weighted by Gasteiger charge is -2.10. The van der Waals surface area contributed by atoms with Crippen LogP contribution in [-0.2, 0) is 14.3 Å². The summed E-state index contributed by atoms with van der Waals surface area (Å²) in [7, 11) is 0. The van der Waals surface area contributed by atoms with Crippen molar-refractivity contribution in [3.05, 3.63) is 61.6 Å². The monoisotopic (exact) mass is 454 g/mol. The molecule has 0 aromatic heterocycles. The van der Waals surface area contributed by atoms with E-state index >= 15 is 0 Å². The van der Waals surface area contributed by atoms with Gasteiger partial charge in [-0.3, -0.25) is 19.7 Å². The van der Waals surface area contributed by atoms with Gasteiger partial charge in [-0.25, -0.2) is 0 Å². The SMILES string of the molecule is Cc1cc(NC(=O)COC(=O)CCCOc2ccc(Cl)cc2Cl)c([N+](=O)[O-])cc1C. The van der Waals surface area contributed by atoms with Crippen LogP contribution in [0.5, 0.6) is 5.75 Å². The Balaban J connectivity index is 1.76. The van der Waals surface area contributed by atoms with Gasteiger partial charge in [0.25, 0.3) is 11.6 Å². The molecule has 0 aliphatic rings. The van der Waals surface area contributed by atoms with E-state index in [0.717, 1.165) is 11.1 Å². The van der Waals surface area contributed by atoms with E-state index in [-0.39, 0.29) is 24.4 Å². The first-order chi connectivity index (χ1) is 14.2. The fourth-order valence-corrected chi connectivity index (χ4v) is 2.91. The van der Waals surface area contributed by atoms with Gasteiger partial charge in [-0.05, 0) is 55.7 Å². The Bertz CT molecular complexity index is 965. The number of nitro groups is 1. The smallest absolute Gasteiger partial charge is 0.306 e. The molecule has 0 aliphatic carbocycles. The number of hydrogen-bond donors (Lipinski definition) is 1. The van der Waals surface area contributed by atoms with Crippen LogP contribution in [0.4, 0.5) is 11.4 Å². The zero-order valence-corrected chi connectivity index (χ0v) is 17.9. The maximum Gasteiger partial charge on any atom is 0.306 e. The highest BCUT2D eigenvalue weighted by Crippen LogP contribution is 2.28. The average molecular weight is 455 g/mol. The molecule has 30 heavy (non-hydrogen) atoms. The van der Waals surface area contributed by atoms with E-state index in [1.54, 1.807) is 32.0 Å². The second-order valence-electron chi connectivity index (χ2n) is 6.45. The minimum atomic E-state index is -0.668. The molecule has 1 N–H and O–H groups in total. The average Bonchev–Trinajstić information content (AvgIpc) is 2.67. The number of aryl methyl sites for hydroxylation is 2. The Kier molecular flexibility index (Phi) is 8.44. The highest BCUT2D eigenvalue weighted by Gasteiger charge is 2.18. The number of nitrogens with zero attached hydrogens (tertiary/aromatic N) is 1. The van der Waals surface area contributed by atoms with Gasteiger partial charge in [-0.1, -0.05) is 23.2 Å². The summed E-state index contributed by atoms with van der Waals surface area (Å²) >= 11 is 11.8. The van der Waals surface area contributed by atoms with Crippen molar-refractivity contribution in [1.82, 2.24) is 0 Å². The van der Waals surface area contributed by atoms with Gasteiger partial charge < -0.3 is 14.8 Å². The van der Waals surface area contributed by atoms with Gasteiger partial charge in [0.2, 0.25) is 0 Å². The predicted molar refractivity (Wildman–Crippen MR) is 113 cm³/mol. The van der Waals surface area contributed by atoms with E-state index in [0.29, 0.717) is 22.2 Å². The fourth-order valence-electron chi connectivity index (χ4n) is 2.45. The van der Waals surface area contributed by atoms with Crippen molar-refractivity contribution in [3.8, 4) is 5.75 Å². The van der Waals surface area contributed by atoms with Crippen molar-refractivity contribution in [1.29, 1.82) is 0 Å². The summed E-state index contributed by atoms with van der Waals surface area (Å²) in [6, 6.07) is 7.69. The van der Waals surface area contributed by atoms with E-state index in [9.17, 15) is 19.7 Å². The molecule has 0 bridgehead atoms. The predicted octanol–water partition coefficient (Wildman–Crippen LogP) is 4.86. The maximum atomic E-state index is 12.0. The number of carbonyl (C=O) groups is 2. The number of anilines is 1. The van der Waals surface area contributed by atoms with Crippen LogP contribution in [0.3, 0.4) is 0 Å². The maximum absolute atomic E-state index is 12.0. The van der Waals surface area contributed by atoms with Crippen LogP contribution in [0.1, 0.15) is 24.0 Å². The topological polar surface area (TPSA) is 108 Å². The first kappa shape index (κ1) is 23.4. The number of hydrogen-bond acceptors (Lipinski definition) is 6. The first-order valence-corrected chi connectivity index (χ1v) is 9.72. The number of esters is 1. The molecular formula is C20H20Cl2N2O6. The lowest BCUT2D eigenvalue weighted by Crippen LogP contribution is -2.21. The van der Waals surface area contributed by atoms with E-state index in [2.05, 4.69) is 5.32 Å². The summed E-state index contributed by atoms with van der Waals surface area (Å²) < 4.78 is 10.4. The molecule has 0 saturated carbocycles. The highest BCUT2D eigenvalue weighted by molar-refractivity contribution is 6.35. The van der Waals surface area contributed by atoms with Crippen molar-refractivity contribution in [2.75, 3.05) is 18.5 Å². The molecule has 10 heteroatoms. The van der Waals surface area contributed by atoms with Gasteiger partial charge in [0.1, 0.15) is 11.4 Å². The number of amides is 1. The fraction of sp³-hybridized carbons (Fsp3) is 0.300. The highest BCUT2D eigenvalue weighted by atomic mass is 35.5. The van der Waals surface area contributed by atoms with Crippen molar-refractivity contribution in [3.63, 3.8) is 0 Å². The number of nitrogens with one attached hydrogen (secondary N) is 1. The zero-order chi connectivity index (χ0) is 22.3. The van der Waals surface area contributed by atoms with E-state index in [1.807, 2.05) is 0 Å². The minimum Gasteiger partial charge on any atom is -0.492 e. The van der Waals surface area contributed by atoms with Crippen LogP contribution >= 0.6 is 23.2 Å². The molecule has 0 spiro atoms. The summed E-state index contributed by atoms with van der Waals surface area (Å²) in [5.41, 5.74) is 1.34. The molecule has 0 aliphatic heterocycles. The zero-order valence-electron chi connectivity index (χ0n) is 16.4. The second kappa shape index (κ2) is 10.8. The van der Waals surface area contributed by atoms with Gasteiger partial charge in [-0.15, -0.1) is 0 Å². The molecule has 0 heterocycles. The van der Waals surface area contributed by atoms with Gasteiger partial charge in [0, 0.05) is 17.5 Å². The van der Waals surface area contributed by atoms with Gasteiger partial charge in [-0.2, -0.15) is 0 Å². The van der Waals surface area contributed by atoms with Gasteiger partial charge in [0.05, 0.1) is 16.6 Å². The molecule has 2 rings (SSSR count). The molecule has 160 valence electrons. The van der Waals surface area contributed by atoms with Crippen LogP contribution in [0.25, 0.3) is 0 Å². The molecule has 0 saturated heterocycles. The lowest BCUT2D eigenvalue weighted by atomic mass is 10.1. The van der Waals surface area contributed by atoms with Crippen molar-refractivity contribution < 1.29 is 24.0 Å². The number of ether oxygens (including phenoxy) is 2. The summed E-state index contributed by atoms with van der Waals surface area (Å²) in [5.74, 6) is -0.812. The Morgan fingerprint density at radius 3 is 2.50 bits per heavy atom. The quantitative estimate of drug-likeness (QED) is 0.251. The number of nitro benzene ring substituents is 1. The molecule has 8 nitrogen and oxygen atoms in total. The van der Waals surface area contributed by atoms with Crippen LogP contribution in [0, 0.1) is 24.0 Å². The standard InChI is InChI=1S/C20H20Cl2N2O6/c1-12-8-16(17(24(27)28)9-13(12)2)23-19(25)11-30-20(26)4-3-7-29-18-6-5-14(21)10-15(18)22/h5-6,8-10H,3-4,7,11H2,1-2H3,(H,23,25). The van der Waals surface area contributed by atoms with E-state index < -0.39 is 23.4 Å². The van der Waals surface area contributed by atoms with E-state index in [4.69, 9.17) is 32.7 Å². The van der Waals surface area contributed by atoms with E-state index in [1.165, 1.54) is 12.1 Å². The summed E-state index contributed by atoms with van der Waals surface area (Å²) in [5, 5.41) is 14.4. The number of halogens is 2. The molecule has 1 amide bonds. The molecular weight excluding hydrogens is 435 g/mol. The Morgan fingerprint density at radius 2 is 1.83 bits per heavy atom. The molecule has 0 unspecified atom stereocenters. The largest absolute Gasteiger partial charge is 0.492 e. The minimum absolute atomic E-state index is 0.0300. The third-order valence-corrected chi connectivity index (χ3v) is 4.65. The Morgan fingerprint density at radius 1 is 1.13 bits per heavy atom. The van der Waals surface area contributed by atoms with Crippen molar-refractivity contribution >= 4 is 46.5 Å². The lowest BCUT2D eigenvalue weighted by molar-refractivity contribution is -0.384. The van der Waals surface area contributed by atoms with Crippen molar-refractivity contribution in [2.45, 2.75) is 26.7 Å². The van der Waals surface area contributed by atoms with Gasteiger partial charge >= 0.3 is 5.97 Å².